The van der Waals surface area contributed by atoms with Gasteiger partial charge in [0.1, 0.15) is 0 Å². The van der Waals surface area contributed by atoms with Crippen LogP contribution in [0, 0.1) is 6.92 Å². The Labute approximate surface area is 57.5 Å². The Bertz CT molecular complexity index is 205. The van der Waals surface area contributed by atoms with Crippen LogP contribution in [0.5, 0.6) is 0 Å². The Morgan fingerprint density at radius 3 is 2.67 bits per heavy atom. The fourth-order valence-electron chi connectivity index (χ4n) is 0.849. The summed E-state index contributed by atoms with van der Waals surface area (Å²) in [6, 6.07) is 0. The fraction of sp³-hybridized carbons (Fsp3) is 0.500. The molecule has 0 amide bonds. The Morgan fingerprint density at radius 1 is 1.78 bits per heavy atom. The first-order valence-corrected chi connectivity index (χ1v) is 3.75. The standard InChI is InChI=1S/C6H11N2P/c1-5-6(4-9)3-8(2)7-5/h3H,4,9H2,1-2H3. The Hall–Kier alpha value is -0.360. The lowest BCUT2D eigenvalue weighted by atomic mass is 10.3. The average molecular weight is 142 g/mol. The highest BCUT2D eigenvalue weighted by Gasteiger charge is 1.97. The number of rotatable bonds is 1. The number of nitrogens with zero attached hydrogens (tertiary/aromatic N) is 2. The minimum absolute atomic E-state index is 1.000. The van der Waals surface area contributed by atoms with Crippen molar-refractivity contribution in [3.8, 4) is 0 Å². The van der Waals surface area contributed by atoms with Gasteiger partial charge in [-0.1, -0.05) is 0 Å². The molecule has 0 spiro atoms. The van der Waals surface area contributed by atoms with Gasteiger partial charge in [-0.15, -0.1) is 9.24 Å². The van der Waals surface area contributed by atoms with Gasteiger partial charge in [-0.25, -0.2) is 0 Å². The molecule has 0 aromatic carbocycles. The molecule has 1 atom stereocenters. The van der Waals surface area contributed by atoms with E-state index in [1.54, 1.807) is 0 Å². The second-order valence-electron chi connectivity index (χ2n) is 2.12. The van der Waals surface area contributed by atoms with Crippen LogP contribution in [0.2, 0.25) is 0 Å². The van der Waals surface area contributed by atoms with Crippen molar-refractivity contribution in [3.63, 3.8) is 0 Å². The van der Waals surface area contributed by atoms with E-state index in [1.165, 1.54) is 5.56 Å². The molecular weight excluding hydrogens is 131 g/mol. The molecular formula is C6H11N2P. The highest BCUT2D eigenvalue weighted by molar-refractivity contribution is 7.15. The van der Waals surface area contributed by atoms with Crippen molar-refractivity contribution in [3.05, 3.63) is 17.5 Å². The summed E-state index contributed by atoms with van der Waals surface area (Å²) in [7, 11) is 4.63. The molecule has 0 aliphatic heterocycles. The van der Waals surface area contributed by atoms with Crippen LogP contribution in [0.3, 0.4) is 0 Å². The molecule has 3 heteroatoms. The zero-order chi connectivity index (χ0) is 6.85. The highest BCUT2D eigenvalue weighted by atomic mass is 31.0. The Kier molecular flexibility index (Phi) is 1.87. The van der Waals surface area contributed by atoms with E-state index in [0.29, 0.717) is 0 Å². The van der Waals surface area contributed by atoms with Crippen LogP contribution in [0.1, 0.15) is 11.3 Å². The van der Waals surface area contributed by atoms with E-state index in [2.05, 4.69) is 14.3 Å². The zero-order valence-electron chi connectivity index (χ0n) is 5.76. The SMILES string of the molecule is Cc1nn(C)cc1CP. The maximum atomic E-state index is 4.19. The molecule has 0 aliphatic carbocycles. The molecule has 0 aliphatic rings. The van der Waals surface area contributed by atoms with Crippen molar-refractivity contribution in [2.24, 2.45) is 7.05 Å². The summed E-state index contributed by atoms with van der Waals surface area (Å²) in [6.07, 6.45) is 3.04. The van der Waals surface area contributed by atoms with Crippen molar-refractivity contribution in [2.45, 2.75) is 13.1 Å². The van der Waals surface area contributed by atoms with Gasteiger partial charge in [0.05, 0.1) is 5.69 Å². The first-order chi connectivity index (χ1) is 4.24. The van der Waals surface area contributed by atoms with Crippen molar-refractivity contribution in [2.75, 3.05) is 0 Å². The Balaban J connectivity index is 3.01. The maximum Gasteiger partial charge on any atom is 0.0628 e. The summed E-state index contributed by atoms with van der Waals surface area (Å²) in [5.74, 6) is 0. The minimum atomic E-state index is 1.000. The predicted octanol–water partition coefficient (Wildman–Crippen LogP) is 1.10. The quantitative estimate of drug-likeness (QED) is 0.537. The van der Waals surface area contributed by atoms with Gasteiger partial charge in [0.2, 0.25) is 0 Å². The van der Waals surface area contributed by atoms with Gasteiger partial charge in [-0.05, 0) is 18.6 Å². The third-order valence-electron chi connectivity index (χ3n) is 1.34. The Morgan fingerprint density at radius 2 is 2.44 bits per heavy atom. The molecule has 0 radical (unpaired) electrons. The number of hydrogen-bond acceptors (Lipinski definition) is 1. The molecule has 0 saturated carbocycles. The van der Waals surface area contributed by atoms with Gasteiger partial charge >= 0.3 is 0 Å². The van der Waals surface area contributed by atoms with Gasteiger partial charge in [-0.2, -0.15) is 5.10 Å². The molecule has 1 heterocycles. The van der Waals surface area contributed by atoms with E-state index in [-0.39, 0.29) is 0 Å². The fourth-order valence-corrected chi connectivity index (χ4v) is 1.25. The molecule has 1 rings (SSSR count). The molecule has 1 aromatic heterocycles. The van der Waals surface area contributed by atoms with Crippen LogP contribution in [-0.4, -0.2) is 9.78 Å². The molecule has 1 aromatic rings. The first-order valence-electron chi connectivity index (χ1n) is 2.93. The maximum absolute atomic E-state index is 4.19. The van der Waals surface area contributed by atoms with Gasteiger partial charge in [0.25, 0.3) is 0 Å². The summed E-state index contributed by atoms with van der Waals surface area (Å²) in [5.41, 5.74) is 2.44. The predicted molar refractivity (Wildman–Crippen MR) is 41.4 cm³/mol. The number of aromatic nitrogens is 2. The average Bonchev–Trinajstić information content (AvgIpc) is 2.10. The molecule has 0 N–H and O–H groups in total. The normalized spacial score (nSPS) is 10.1. The molecule has 0 fully saturated rings. The summed E-state index contributed by atoms with van der Waals surface area (Å²) >= 11 is 0. The van der Waals surface area contributed by atoms with Gasteiger partial charge in [0.15, 0.2) is 0 Å². The number of hydrogen-bond donors (Lipinski definition) is 0. The summed E-state index contributed by atoms with van der Waals surface area (Å²) in [4.78, 5) is 0. The van der Waals surface area contributed by atoms with E-state index in [0.717, 1.165) is 11.9 Å². The van der Waals surface area contributed by atoms with Crippen LogP contribution < -0.4 is 0 Å². The molecule has 9 heavy (non-hydrogen) atoms. The minimum Gasteiger partial charge on any atom is -0.275 e. The zero-order valence-corrected chi connectivity index (χ0v) is 6.91. The van der Waals surface area contributed by atoms with E-state index in [4.69, 9.17) is 0 Å². The van der Waals surface area contributed by atoms with Crippen LogP contribution >= 0.6 is 9.24 Å². The van der Waals surface area contributed by atoms with Crippen LogP contribution in [0.4, 0.5) is 0 Å². The first kappa shape index (κ1) is 6.76. The van der Waals surface area contributed by atoms with Crippen molar-refractivity contribution < 1.29 is 0 Å². The van der Waals surface area contributed by atoms with E-state index in [9.17, 15) is 0 Å². The van der Waals surface area contributed by atoms with Crippen LogP contribution in [-0.2, 0) is 13.2 Å². The van der Waals surface area contributed by atoms with E-state index in [1.807, 2.05) is 24.9 Å². The summed E-state index contributed by atoms with van der Waals surface area (Å²) in [6.45, 7) is 2.03. The molecule has 0 bridgehead atoms. The second kappa shape index (κ2) is 2.49. The molecule has 0 saturated heterocycles. The molecule has 1 unspecified atom stereocenters. The van der Waals surface area contributed by atoms with E-state index >= 15 is 0 Å². The second-order valence-corrected chi connectivity index (χ2v) is 2.53. The lowest BCUT2D eigenvalue weighted by Gasteiger charge is -1.85. The van der Waals surface area contributed by atoms with Gasteiger partial charge in [0, 0.05) is 13.2 Å². The van der Waals surface area contributed by atoms with Gasteiger partial charge < -0.3 is 0 Å². The monoisotopic (exact) mass is 142 g/mol. The molecule has 2 nitrogen and oxygen atoms in total. The third kappa shape index (κ3) is 1.31. The van der Waals surface area contributed by atoms with E-state index < -0.39 is 0 Å². The smallest absolute Gasteiger partial charge is 0.0628 e. The summed E-state index contributed by atoms with van der Waals surface area (Å²) < 4.78 is 1.84. The van der Waals surface area contributed by atoms with Crippen LogP contribution in [0.25, 0.3) is 0 Å². The topological polar surface area (TPSA) is 17.8 Å². The van der Waals surface area contributed by atoms with Crippen molar-refractivity contribution >= 4 is 9.24 Å². The lowest BCUT2D eigenvalue weighted by Crippen LogP contribution is -1.86. The highest BCUT2D eigenvalue weighted by Crippen LogP contribution is 2.08. The van der Waals surface area contributed by atoms with Crippen molar-refractivity contribution in [1.29, 1.82) is 0 Å². The van der Waals surface area contributed by atoms with Crippen molar-refractivity contribution in [1.82, 2.24) is 9.78 Å². The van der Waals surface area contributed by atoms with Crippen LogP contribution in [0.15, 0.2) is 6.20 Å². The lowest BCUT2D eigenvalue weighted by molar-refractivity contribution is 0.756. The molecule has 50 valence electrons. The third-order valence-corrected chi connectivity index (χ3v) is 1.77. The largest absolute Gasteiger partial charge is 0.275 e. The summed E-state index contributed by atoms with van der Waals surface area (Å²) in [5, 5.41) is 4.19. The number of aryl methyl sites for hydroxylation is 2. The van der Waals surface area contributed by atoms with Gasteiger partial charge in [-0.3, -0.25) is 4.68 Å².